The van der Waals surface area contributed by atoms with E-state index >= 15 is 0 Å². The molecule has 0 radical (unpaired) electrons. The van der Waals surface area contributed by atoms with Crippen molar-refractivity contribution in [2.45, 2.75) is 26.0 Å². The minimum absolute atomic E-state index is 0.228. The third kappa shape index (κ3) is 4.36. The average Bonchev–Trinajstić information content (AvgIpc) is 2.35. The van der Waals surface area contributed by atoms with Crippen LogP contribution in [0.4, 0.5) is 5.69 Å². The van der Waals surface area contributed by atoms with Crippen LogP contribution >= 0.6 is 0 Å². The highest BCUT2D eigenvalue weighted by atomic mass is 16.4. The number of carbonyl (C=O) groups is 3. The molecule has 0 bridgehead atoms. The highest BCUT2D eigenvalue weighted by molar-refractivity contribution is 5.97. The molecule has 0 heterocycles. The van der Waals surface area contributed by atoms with Crippen molar-refractivity contribution in [3.05, 3.63) is 29.8 Å². The first-order valence-corrected chi connectivity index (χ1v) is 5.90. The summed E-state index contributed by atoms with van der Waals surface area (Å²) in [6, 6.07) is 4.56. The quantitative estimate of drug-likeness (QED) is 0.615. The van der Waals surface area contributed by atoms with E-state index in [2.05, 4.69) is 10.6 Å². The molecule has 0 aliphatic rings. The second-order valence-electron chi connectivity index (χ2n) is 4.29. The second kappa shape index (κ2) is 6.67. The minimum atomic E-state index is -1.38. The number of hydrogen-bond acceptors (Lipinski definition) is 4. The Labute approximate surface area is 115 Å². The first-order valence-electron chi connectivity index (χ1n) is 5.90. The number of carbonyl (C=O) groups excluding carboxylic acids is 2. The summed E-state index contributed by atoms with van der Waals surface area (Å²) in [4.78, 5) is 33.5. The van der Waals surface area contributed by atoms with Crippen LogP contribution in [-0.2, 0) is 9.59 Å². The number of hydrogen-bond donors (Lipinski definition) is 4. The van der Waals surface area contributed by atoms with Crippen molar-refractivity contribution >= 4 is 23.5 Å². The SMILES string of the molecule is CC(=O)Nc1ccc(C(=O)N[C@H](C(=O)O)[C@@H](C)O)cc1. The van der Waals surface area contributed by atoms with Crippen molar-refractivity contribution in [3.8, 4) is 0 Å². The van der Waals surface area contributed by atoms with E-state index in [0.29, 0.717) is 5.69 Å². The topological polar surface area (TPSA) is 116 Å². The number of benzene rings is 1. The molecule has 1 rings (SSSR count). The molecule has 0 saturated carbocycles. The summed E-state index contributed by atoms with van der Waals surface area (Å²) in [6.07, 6.45) is -1.21. The smallest absolute Gasteiger partial charge is 0.328 e. The van der Waals surface area contributed by atoms with Gasteiger partial charge in [0.25, 0.3) is 5.91 Å². The van der Waals surface area contributed by atoms with Gasteiger partial charge < -0.3 is 20.8 Å². The fourth-order valence-electron chi connectivity index (χ4n) is 1.52. The maximum Gasteiger partial charge on any atom is 0.328 e. The van der Waals surface area contributed by atoms with Crippen LogP contribution in [0.1, 0.15) is 24.2 Å². The molecule has 1 aromatic rings. The zero-order valence-corrected chi connectivity index (χ0v) is 11.1. The number of anilines is 1. The molecule has 0 aliphatic carbocycles. The fraction of sp³-hybridized carbons (Fsp3) is 0.308. The molecule has 7 nitrogen and oxygen atoms in total. The number of aliphatic hydroxyl groups excluding tert-OH is 1. The van der Waals surface area contributed by atoms with Crippen LogP contribution in [0.25, 0.3) is 0 Å². The van der Waals surface area contributed by atoms with Crippen molar-refractivity contribution < 1.29 is 24.6 Å². The van der Waals surface area contributed by atoms with Gasteiger partial charge in [-0.3, -0.25) is 9.59 Å². The van der Waals surface area contributed by atoms with E-state index in [9.17, 15) is 19.5 Å². The van der Waals surface area contributed by atoms with E-state index < -0.39 is 24.0 Å². The number of nitrogens with one attached hydrogen (secondary N) is 2. The average molecular weight is 280 g/mol. The van der Waals surface area contributed by atoms with Crippen molar-refractivity contribution in [2.75, 3.05) is 5.32 Å². The Balaban J connectivity index is 2.77. The molecule has 2 atom stereocenters. The zero-order valence-electron chi connectivity index (χ0n) is 11.1. The summed E-state index contributed by atoms with van der Waals surface area (Å²) in [6.45, 7) is 2.64. The molecule has 0 unspecified atom stereocenters. The predicted octanol–water partition coefficient (Wildman–Crippen LogP) is 0.209. The van der Waals surface area contributed by atoms with Gasteiger partial charge in [-0.05, 0) is 31.2 Å². The first-order chi connectivity index (χ1) is 9.31. The zero-order chi connectivity index (χ0) is 15.3. The highest BCUT2D eigenvalue weighted by Gasteiger charge is 2.25. The van der Waals surface area contributed by atoms with Gasteiger partial charge >= 0.3 is 5.97 Å². The van der Waals surface area contributed by atoms with Crippen molar-refractivity contribution in [3.63, 3.8) is 0 Å². The standard InChI is InChI=1S/C13H16N2O5/c1-7(16)11(13(19)20)15-12(18)9-3-5-10(6-4-9)14-8(2)17/h3-7,11,16H,1-2H3,(H,14,17)(H,15,18)(H,19,20)/t7-,11+/m1/s1. The Bertz CT molecular complexity index is 510. The van der Waals surface area contributed by atoms with Crippen molar-refractivity contribution in [1.82, 2.24) is 5.32 Å². The Morgan fingerprint density at radius 1 is 1.15 bits per heavy atom. The lowest BCUT2D eigenvalue weighted by Crippen LogP contribution is -2.47. The molecule has 0 saturated heterocycles. The number of carboxylic acids is 1. The molecule has 0 aromatic heterocycles. The van der Waals surface area contributed by atoms with Crippen molar-refractivity contribution in [2.24, 2.45) is 0 Å². The van der Waals surface area contributed by atoms with Crippen LogP contribution < -0.4 is 10.6 Å². The third-order valence-corrected chi connectivity index (χ3v) is 2.50. The predicted molar refractivity (Wildman–Crippen MR) is 71.3 cm³/mol. The van der Waals surface area contributed by atoms with Gasteiger partial charge in [-0.15, -0.1) is 0 Å². The monoisotopic (exact) mass is 280 g/mol. The van der Waals surface area contributed by atoms with Crippen molar-refractivity contribution in [1.29, 1.82) is 0 Å². The van der Waals surface area contributed by atoms with E-state index in [1.807, 2.05) is 0 Å². The minimum Gasteiger partial charge on any atom is -0.480 e. The molecule has 0 aliphatic heterocycles. The molecule has 0 fully saturated rings. The molecular weight excluding hydrogens is 264 g/mol. The number of aliphatic hydroxyl groups is 1. The summed E-state index contributed by atoms with van der Waals surface area (Å²) < 4.78 is 0. The molecule has 20 heavy (non-hydrogen) atoms. The second-order valence-corrected chi connectivity index (χ2v) is 4.29. The van der Waals surface area contributed by atoms with Gasteiger partial charge in [0.2, 0.25) is 5.91 Å². The lowest BCUT2D eigenvalue weighted by molar-refractivity contribution is -0.141. The Morgan fingerprint density at radius 3 is 2.10 bits per heavy atom. The first kappa shape index (κ1) is 15.6. The van der Waals surface area contributed by atoms with Gasteiger partial charge in [-0.2, -0.15) is 0 Å². The summed E-state index contributed by atoms with van der Waals surface area (Å²) in [5.74, 6) is -2.17. The van der Waals surface area contributed by atoms with Gasteiger partial charge in [-0.25, -0.2) is 4.79 Å². The molecule has 0 spiro atoms. The number of carboxylic acid groups (broad SMARTS) is 1. The summed E-state index contributed by atoms with van der Waals surface area (Å²) >= 11 is 0. The third-order valence-electron chi connectivity index (χ3n) is 2.50. The Kier molecular flexibility index (Phi) is 5.22. The van der Waals surface area contributed by atoms with E-state index in [1.165, 1.54) is 38.1 Å². The van der Waals surface area contributed by atoms with E-state index in [-0.39, 0.29) is 11.5 Å². The number of aliphatic carboxylic acids is 1. The molecule has 108 valence electrons. The molecule has 4 N–H and O–H groups in total. The number of rotatable bonds is 5. The van der Waals surface area contributed by atoms with Crippen LogP contribution in [-0.4, -0.2) is 40.1 Å². The van der Waals surface area contributed by atoms with Crippen LogP contribution in [0.5, 0.6) is 0 Å². The van der Waals surface area contributed by atoms with E-state index in [1.54, 1.807) is 0 Å². The normalized spacial score (nSPS) is 13.2. The highest BCUT2D eigenvalue weighted by Crippen LogP contribution is 2.10. The van der Waals surface area contributed by atoms with Gasteiger partial charge in [0.1, 0.15) is 0 Å². The molecule has 2 amide bonds. The van der Waals surface area contributed by atoms with Gasteiger partial charge in [-0.1, -0.05) is 0 Å². The van der Waals surface area contributed by atoms with E-state index in [4.69, 9.17) is 5.11 Å². The largest absolute Gasteiger partial charge is 0.480 e. The van der Waals surface area contributed by atoms with Gasteiger partial charge in [0, 0.05) is 18.2 Å². The van der Waals surface area contributed by atoms with Gasteiger partial charge in [0.15, 0.2) is 6.04 Å². The Morgan fingerprint density at radius 2 is 1.70 bits per heavy atom. The van der Waals surface area contributed by atoms with Crippen LogP contribution in [0, 0.1) is 0 Å². The van der Waals surface area contributed by atoms with Crippen LogP contribution in [0.3, 0.4) is 0 Å². The molecular formula is C13H16N2O5. The van der Waals surface area contributed by atoms with E-state index in [0.717, 1.165) is 0 Å². The summed E-state index contributed by atoms with van der Waals surface area (Å²) in [5, 5.41) is 22.9. The summed E-state index contributed by atoms with van der Waals surface area (Å²) in [5.41, 5.74) is 0.755. The maximum absolute atomic E-state index is 11.8. The lowest BCUT2D eigenvalue weighted by Gasteiger charge is -2.17. The fourth-order valence-corrected chi connectivity index (χ4v) is 1.52. The summed E-state index contributed by atoms with van der Waals surface area (Å²) in [7, 11) is 0. The Hall–Kier alpha value is -2.41. The maximum atomic E-state index is 11.8. The molecule has 7 heteroatoms. The van der Waals surface area contributed by atoms with Crippen LogP contribution in [0.15, 0.2) is 24.3 Å². The lowest BCUT2D eigenvalue weighted by atomic mass is 10.1. The van der Waals surface area contributed by atoms with Gasteiger partial charge in [0.05, 0.1) is 6.10 Å². The molecule has 1 aromatic carbocycles. The number of amides is 2. The van der Waals surface area contributed by atoms with Crippen LogP contribution in [0.2, 0.25) is 0 Å².